The van der Waals surface area contributed by atoms with Crippen LogP contribution in [0.1, 0.15) is 61.6 Å². The molecule has 266 valence electrons. The molecule has 1 saturated carbocycles. The van der Waals surface area contributed by atoms with E-state index in [9.17, 15) is 18.8 Å². The predicted molar refractivity (Wildman–Crippen MR) is 190 cm³/mol. The van der Waals surface area contributed by atoms with Gasteiger partial charge in [-0.15, -0.1) is 0 Å². The van der Waals surface area contributed by atoms with Crippen LogP contribution in [0.15, 0.2) is 77.7 Å². The first-order valence-corrected chi connectivity index (χ1v) is 18.0. The monoisotopic (exact) mass is 704 g/mol. The topological polar surface area (TPSA) is 152 Å². The van der Waals surface area contributed by atoms with Gasteiger partial charge in [0.25, 0.3) is 0 Å². The second-order valence-corrected chi connectivity index (χ2v) is 14.4. The van der Waals surface area contributed by atoms with Crippen molar-refractivity contribution in [3.8, 4) is 0 Å². The Morgan fingerprint density at radius 2 is 1.94 bits per heavy atom. The molecule has 3 amide bonds. The molecule has 50 heavy (non-hydrogen) atoms. The maximum absolute atomic E-state index is 14.4. The normalized spacial score (nSPS) is 28.1. The van der Waals surface area contributed by atoms with Crippen molar-refractivity contribution in [2.75, 3.05) is 13.2 Å². The molecule has 0 unspecified atom stereocenters. The number of nitrogens with two attached hydrogens (primary N) is 2. The number of nitrogens with one attached hydrogen (secondary N) is 2. The van der Waals surface area contributed by atoms with Crippen LogP contribution < -0.4 is 22.1 Å². The molecule has 5 atom stereocenters. The van der Waals surface area contributed by atoms with Gasteiger partial charge in [0.15, 0.2) is 0 Å². The zero-order valence-corrected chi connectivity index (χ0v) is 28.8. The van der Waals surface area contributed by atoms with Crippen molar-refractivity contribution in [1.29, 1.82) is 0 Å². The van der Waals surface area contributed by atoms with E-state index in [4.69, 9.17) is 21.0 Å². The van der Waals surface area contributed by atoms with Crippen LogP contribution in [-0.4, -0.2) is 64.7 Å². The highest BCUT2D eigenvalue weighted by Gasteiger charge is 2.60. The minimum absolute atomic E-state index is 0.106. The number of carbonyl (C=O) groups is 3. The number of nitrogens with zero attached hydrogens (tertiary/aromatic N) is 2. The van der Waals surface area contributed by atoms with Gasteiger partial charge in [-0.2, -0.15) is 5.06 Å². The zero-order chi connectivity index (χ0) is 35.3. The summed E-state index contributed by atoms with van der Waals surface area (Å²) in [7, 11) is 0. The maximum Gasteiger partial charge on any atom is 0.410 e. The Balaban J connectivity index is 1.14. The van der Waals surface area contributed by atoms with Crippen LogP contribution in [0.4, 0.5) is 9.18 Å². The summed E-state index contributed by atoms with van der Waals surface area (Å²) in [6.45, 7) is 4.88. The van der Waals surface area contributed by atoms with Crippen molar-refractivity contribution in [3.05, 3.63) is 100 Å². The first-order valence-electron chi connectivity index (χ1n) is 17.2. The summed E-state index contributed by atoms with van der Waals surface area (Å²) in [6, 6.07) is 13.5. The number of halogens is 1. The number of primary amides is 1. The Morgan fingerprint density at radius 3 is 2.72 bits per heavy atom. The van der Waals surface area contributed by atoms with E-state index in [1.807, 2.05) is 41.8 Å². The molecule has 0 spiro atoms. The number of rotatable bonds is 7. The van der Waals surface area contributed by atoms with Gasteiger partial charge in [-0.3, -0.25) is 19.3 Å². The van der Waals surface area contributed by atoms with Crippen LogP contribution in [-0.2, 0) is 32.3 Å². The summed E-state index contributed by atoms with van der Waals surface area (Å²) in [5.41, 5.74) is 13.7. The summed E-state index contributed by atoms with van der Waals surface area (Å²) in [5, 5.41) is 10.5. The minimum atomic E-state index is -1.16. The maximum atomic E-state index is 14.4. The van der Waals surface area contributed by atoms with E-state index in [1.165, 1.54) is 27.8 Å². The van der Waals surface area contributed by atoms with E-state index >= 15 is 0 Å². The molecule has 3 aliphatic heterocycles. The van der Waals surface area contributed by atoms with Crippen LogP contribution in [0, 0.1) is 11.7 Å². The largest absolute Gasteiger partial charge is 0.445 e. The molecule has 0 radical (unpaired) electrons. The number of carbonyl (C=O) groups excluding carboxylic acids is 3. The third-order valence-corrected chi connectivity index (χ3v) is 10.6. The number of amides is 3. The number of hydrogen-bond acceptors (Lipinski definition) is 9. The fourth-order valence-corrected chi connectivity index (χ4v) is 7.48. The average Bonchev–Trinajstić information content (AvgIpc) is 3.40. The first-order chi connectivity index (χ1) is 24.1. The molecule has 11 nitrogen and oxygen atoms in total. The number of hydroxylamine groups is 2. The third kappa shape index (κ3) is 8.34. The third-order valence-electron chi connectivity index (χ3n) is 9.81. The van der Waals surface area contributed by atoms with Crippen molar-refractivity contribution in [2.45, 2.75) is 81.8 Å². The van der Waals surface area contributed by atoms with Crippen molar-refractivity contribution in [2.24, 2.45) is 17.4 Å². The lowest BCUT2D eigenvalue weighted by Gasteiger charge is -2.28. The Bertz CT molecular complexity index is 1660. The van der Waals surface area contributed by atoms with Gasteiger partial charge >= 0.3 is 6.09 Å². The van der Waals surface area contributed by atoms with E-state index in [1.54, 1.807) is 12.1 Å². The van der Waals surface area contributed by atoms with Crippen molar-refractivity contribution in [3.63, 3.8) is 0 Å². The van der Waals surface area contributed by atoms with Gasteiger partial charge in [-0.25, -0.2) is 9.18 Å². The number of ether oxygens (including phenoxy) is 1. The molecule has 3 heterocycles. The van der Waals surface area contributed by atoms with Crippen LogP contribution in [0.5, 0.6) is 0 Å². The molecule has 0 bridgehead atoms. The van der Waals surface area contributed by atoms with Crippen LogP contribution >= 0.6 is 11.8 Å². The average molecular weight is 705 g/mol. The fraction of sp³-hybridized carbons (Fsp3) is 0.432. The Kier molecular flexibility index (Phi) is 11.1. The predicted octanol–water partition coefficient (Wildman–Crippen LogP) is 4.65. The second kappa shape index (κ2) is 15.7. The Hall–Kier alpha value is -4.33. The Morgan fingerprint density at radius 1 is 1.12 bits per heavy atom. The highest BCUT2D eigenvalue weighted by molar-refractivity contribution is 8.05. The molecule has 2 aromatic rings. The number of allylic oxidation sites excluding steroid dienone is 1. The molecule has 2 aromatic carbocycles. The lowest BCUT2D eigenvalue weighted by Crippen LogP contribution is -2.54. The zero-order valence-electron chi connectivity index (χ0n) is 28.0. The number of hydrogen-bond donors (Lipinski definition) is 4. The molecule has 13 heteroatoms. The summed E-state index contributed by atoms with van der Waals surface area (Å²) < 4.78 is 20.2. The number of fused-ring (bicyclic) bond motifs is 3. The Labute approximate surface area is 296 Å². The summed E-state index contributed by atoms with van der Waals surface area (Å²) >= 11 is 1.39. The molecule has 4 aliphatic rings. The smallest absolute Gasteiger partial charge is 0.410 e. The molecule has 0 aromatic heterocycles. The van der Waals surface area contributed by atoms with E-state index in [-0.39, 0.29) is 50.4 Å². The standard InChI is InChI=1S/C37H45FN6O5S/c1-24(50-23-32(39)25-11-6-5-7-12-25)41-28-15-9-4-2-3-8-14-27-18-37(27,35(40)46)42-34(45)33-17-29(20-44(33)48-22-28)49-36(47)43-19-26-13-10-16-31(38)30(26)21-43/h5-8,10-14,16,23,27-29,33,41H,1-4,9,15,17-22,39H2,(H2,40,46)(H,42,45)/b14-8-,32-23-/t27-,28+,29-,33+,37-/m1/s1. The van der Waals surface area contributed by atoms with Crippen molar-refractivity contribution in [1.82, 2.24) is 20.6 Å². The lowest BCUT2D eigenvalue weighted by molar-refractivity contribution is -0.183. The summed E-state index contributed by atoms with van der Waals surface area (Å²) in [4.78, 5) is 47.4. The lowest BCUT2D eigenvalue weighted by atomic mass is 10.1. The second-order valence-electron chi connectivity index (χ2n) is 13.4. The van der Waals surface area contributed by atoms with Gasteiger partial charge in [0.2, 0.25) is 11.8 Å². The molecule has 6 rings (SSSR count). The van der Waals surface area contributed by atoms with Crippen molar-refractivity contribution >= 4 is 35.4 Å². The van der Waals surface area contributed by atoms with Gasteiger partial charge in [0, 0.05) is 35.6 Å². The molecule has 6 N–H and O–H groups in total. The van der Waals surface area contributed by atoms with Gasteiger partial charge in [-0.1, -0.05) is 85.8 Å². The molecular formula is C37H45FN6O5S. The first kappa shape index (κ1) is 35.5. The van der Waals surface area contributed by atoms with Crippen LogP contribution in [0.2, 0.25) is 0 Å². The highest BCUT2D eigenvalue weighted by atomic mass is 32.2. The molecule has 1 aliphatic carbocycles. The van der Waals surface area contributed by atoms with E-state index in [2.05, 4.69) is 23.3 Å². The minimum Gasteiger partial charge on any atom is -0.445 e. The molecular weight excluding hydrogens is 660 g/mol. The van der Waals surface area contributed by atoms with Gasteiger partial charge < -0.3 is 26.8 Å². The van der Waals surface area contributed by atoms with Crippen LogP contribution in [0.25, 0.3) is 5.70 Å². The summed E-state index contributed by atoms with van der Waals surface area (Å²) in [6.07, 6.45) is 7.90. The highest BCUT2D eigenvalue weighted by Crippen LogP contribution is 2.45. The van der Waals surface area contributed by atoms with Gasteiger partial charge in [0.1, 0.15) is 23.5 Å². The quantitative estimate of drug-likeness (QED) is 0.302. The van der Waals surface area contributed by atoms with Crippen molar-refractivity contribution < 1.29 is 28.3 Å². The number of thioether (sulfide) groups is 1. The van der Waals surface area contributed by atoms with Gasteiger partial charge in [0.05, 0.1) is 30.8 Å². The van der Waals surface area contributed by atoms with Gasteiger partial charge in [-0.05, 0) is 42.9 Å². The van der Waals surface area contributed by atoms with Crippen LogP contribution in [0.3, 0.4) is 0 Å². The fourth-order valence-electron chi connectivity index (χ4n) is 6.84. The van der Waals surface area contributed by atoms with E-state index < -0.39 is 35.6 Å². The van der Waals surface area contributed by atoms with E-state index in [0.29, 0.717) is 22.7 Å². The summed E-state index contributed by atoms with van der Waals surface area (Å²) in [5.74, 6) is -1.55. The SMILES string of the molecule is C=C(N[C@H]1CCCCC/C=C\[C@@H]2C[C@@]2(C(N)=O)NC(=O)[C@@H]2C[C@@H](OC(=O)N3Cc4cccc(F)c4C3)CN2OC1)S/C=C(\N)c1ccccc1. The molecule has 1 saturated heterocycles. The molecule has 2 fully saturated rings. The van der Waals surface area contributed by atoms with E-state index in [0.717, 1.165) is 43.2 Å². The number of benzene rings is 2.